The fourth-order valence-corrected chi connectivity index (χ4v) is 2.35. The number of carbonyl (C=O) groups is 1. The van der Waals surface area contributed by atoms with Crippen LogP contribution in [0, 0.1) is 5.82 Å². The van der Waals surface area contributed by atoms with Crippen molar-refractivity contribution in [2.45, 2.75) is 18.9 Å². The summed E-state index contributed by atoms with van der Waals surface area (Å²) in [5, 5.41) is 0. The molecular formula is C12H12FIO3. The van der Waals surface area contributed by atoms with Crippen LogP contribution in [0.15, 0.2) is 12.1 Å². The van der Waals surface area contributed by atoms with Crippen molar-refractivity contribution in [1.82, 2.24) is 0 Å². The number of hydrogen-bond acceptors (Lipinski definition) is 3. The number of halogens is 2. The fourth-order valence-electron chi connectivity index (χ4n) is 1.92. The molecule has 2 rings (SSSR count). The monoisotopic (exact) mass is 350 g/mol. The summed E-state index contributed by atoms with van der Waals surface area (Å²) in [7, 11) is 1.27. The molecule has 1 aliphatic rings. The summed E-state index contributed by atoms with van der Waals surface area (Å²) in [5.41, 5.74) is 0.514. The number of alkyl halides is 1. The predicted octanol–water partition coefficient (Wildman–Crippen LogP) is 2.74. The van der Waals surface area contributed by atoms with Crippen LogP contribution in [0.2, 0.25) is 0 Å². The van der Waals surface area contributed by atoms with Crippen molar-refractivity contribution < 1.29 is 18.7 Å². The smallest absolute Gasteiger partial charge is 0.341 e. The minimum absolute atomic E-state index is 0.163. The number of benzene rings is 1. The fraction of sp³-hybridized carbons (Fsp3) is 0.417. The number of hydrogen-bond donors (Lipinski definition) is 0. The lowest BCUT2D eigenvalue weighted by Gasteiger charge is -2.21. The summed E-state index contributed by atoms with van der Waals surface area (Å²) in [6.45, 7) is 1.94. The second-order valence-electron chi connectivity index (χ2n) is 4.30. The van der Waals surface area contributed by atoms with E-state index in [9.17, 15) is 9.18 Å². The number of esters is 1. The van der Waals surface area contributed by atoms with Gasteiger partial charge in [-0.15, -0.1) is 0 Å². The van der Waals surface area contributed by atoms with Crippen LogP contribution in [-0.4, -0.2) is 23.1 Å². The van der Waals surface area contributed by atoms with E-state index in [0.29, 0.717) is 12.2 Å². The molecule has 0 spiro atoms. The summed E-state index contributed by atoms with van der Waals surface area (Å²) < 4.78 is 24.6. The van der Waals surface area contributed by atoms with Crippen molar-refractivity contribution in [2.75, 3.05) is 11.5 Å². The molecule has 0 fully saturated rings. The molecule has 1 heterocycles. The second kappa shape index (κ2) is 4.44. The van der Waals surface area contributed by atoms with Gasteiger partial charge in [-0.25, -0.2) is 9.18 Å². The number of ether oxygens (including phenoxy) is 2. The maximum atomic E-state index is 13.4. The highest BCUT2D eigenvalue weighted by molar-refractivity contribution is 14.1. The lowest BCUT2D eigenvalue weighted by molar-refractivity contribution is 0.0590. The Hall–Kier alpha value is -0.850. The maximum Gasteiger partial charge on any atom is 0.341 e. The topological polar surface area (TPSA) is 35.5 Å². The van der Waals surface area contributed by atoms with Crippen molar-refractivity contribution in [2.24, 2.45) is 0 Å². The molecule has 1 aromatic rings. The van der Waals surface area contributed by atoms with Gasteiger partial charge in [0, 0.05) is 16.4 Å². The standard InChI is InChI=1S/C12H12FIO3/c1-12(6-14)5-7-3-8(13)4-9(10(7)17-12)11(15)16-2/h3-4H,5-6H2,1-2H3. The average molecular weight is 350 g/mol. The van der Waals surface area contributed by atoms with Crippen LogP contribution in [0.4, 0.5) is 4.39 Å². The van der Waals surface area contributed by atoms with E-state index >= 15 is 0 Å². The first-order chi connectivity index (χ1) is 7.99. The molecule has 5 heteroatoms. The third-order valence-corrected chi connectivity index (χ3v) is 4.35. The van der Waals surface area contributed by atoms with Gasteiger partial charge in [-0.05, 0) is 19.1 Å². The summed E-state index contributed by atoms with van der Waals surface area (Å²) >= 11 is 2.22. The van der Waals surface area contributed by atoms with E-state index in [1.165, 1.54) is 13.2 Å². The van der Waals surface area contributed by atoms with Crippen molar-refractivity contribution in [3.63, 3.8) is 0 Å². The largest absolute Gasteiger partial charge is 0.485 e. The van der Waals surface area contributed by atoms with E-state index in [1.54, 1.807) is 0 Å². The summed E-state index contributed by atoms with van der Waals surface area (Å²) in [6, 6.07) is 2.57. The number of carbonyl (C=O) groups excluding carboxylic acids is 1. The van der Waals surface area contributed by atoms with E-state index in [2.05, 4.69) is 27.3 Å². The SMILES string of the molecule is COC(=O)c1cc(F)cc2c1OC(C)(CI)C2. The molecule has 1 aliphatic heterocycles. The Morgan fingerprint density at radius 2 is 2.35 bits per heavy atom. The van der Waals surface area contributed by atoms with Gasteiger partial charge in [0.25, 0.3) is 0 Å². The van der Waals surface area contributed by atoms with Crippen LogP contribution < -0.4 is 4.74 Å². The molecular weight excluding hydrogens is 338 g/mol. The molecule has 92 valence electrons. The maximum absolute atomic E-state index is 13.4. The van der Waals surface area contributed by atoms with Gasteiger partial charge >= 0.3 is 5.97 Å². The van der Waals surface area contributed by atoms with Crippen LogP contribution >= 0.6 is 22.6 Å². The zero-order valence-corrected chi connectivity index (χ0v) is 11.7. The molecule has 3 nitrogen and oxygen atoms in total. The Bertz CT molecular complexity index is 475. The van der Waals surface area contributed by atoms with Gasteiger partial charge in [-0.3, -0.25) is 0 Å². The molecule has 17 heavy (non-hydrogen) atoms. The Balaban J connectivity index is 2.50. The summed E-state index contributed by atoms with van der Waals surface area (Å²) in [4.78, 5) is 11.6. The van der Waals surface area contributed by atoms with Crippen LogP contribution in [0.5, 0.6) is 5.75 Å². The van der Waals surface area contributed by atoms with E-state index < -0.39 is 11.8 Å². The van der Waals surface area contributed by atoms with Crippen LogP contribution in [0.25, 0.3) is 0 Å². The Morgan fingerprint density at radius 1 is 1.65 bits per heavy atom. The first-order valence-electron chi connectivity index (χ1n) is 5.15. The second-order valence-corrected chi connectivity index (χ2v) is 5.06. The van der Waals surface area contributed by atoms with E-state index in [0.717, 1.165) is 16.1 Å². The van der Waals surface area contributed by atoms with Crippen molar-refractivity contribution in [3.8, 4) is 5.75 Å². The molecule has 0 saturated carbocycles. The Labute approximate surface area is 112 Å². The molecule has 0 amide bonds. The van der Waals surface area contributed by atoms with E-state index in [-0.39, 0.29) is 11.2 Å². The summed E-state index contributed by atoms with van der Waals surface area (Å²) in [6.07, 6.45) is 0.604. The molecule has 1 atom stereocenters. The van der Waals surface area contributed by atoms with Crippen molar-refractivity contribution in [3.05, 3.63) is 29.1 Å². The lowest BCUT2D eigenvalue weighted by atomic mass is 10.0. The number of rotatable bonds is 2. The Kier molecular flexibility index (Phi) is 3.29. The first-order valence-corrected chi connectivity index (χ1v) is 6.67. The van der Waals surface area contributed by atoms with E-state index in [4.69, 9.17) is 4.74 Å². The molecule has 0 bridgehead atoms. The summed E-state index contributed by atoms with van der Waals surface area (Å²) in [5.74, 6) is -0.554. The van der Waals surface area contributed by atoms with Gasteiger partial charge in [0.1, 0.15) is 22.7 Å². The minimum Gasteiger partial charge on any atom is -0.485 e. The Morgan fingerprint density at radius 3 is 2.94 bits per heavy atom. The zero-order chi connectivity index (χ0) is 12.6. The van der Waals surface area contributed by atoms with Crippen LogP contribution in [-0.2, 0) is 11.2 Å². The number of fused-ring (bicyclic) bond motifs is 1. The molecule has 0 N–H and O–H groups in total. The van der Waals surface area contributed by atoms with Crippen LogP contribution in [0.1, 0.15) is 22.8 Å². The van der Waals surface area contributed by atoms with Gasteiger partial charge in [0.2, 0.25) is 0 Å². The third kappa shape index (κ3) is 2.25. The average Bonchev–Trinajstić information content (AvgIpc) is 2.64. The predicted molar refractivity (Wildman–Crippen MR) is 69.4 cm³/mol. The first kappa shape index (κ1) is 12.6. The highest BCUT2D eigenvalue weighted by atomic mass is 127. The highest BCUT2D eigenvalue weighted by Gasteiger charge is 2.37. The quantitative estimate of drug-likeness (QED) is 0.468. The minimum atomic E-state index is -0.571. The van der Waals surface area contributed by atoms with E-state index in [1.807, 2.05) is 6.92 Å². The van der Waals surface area contributed by atoms with Gasteiger partial charge in [0.05, 0.1) is 7.11 Å². The lowest BCUT2D eigenvalue weighted by Crippen LogP contribution is -2.32. The zero-order valence-electron chi connectivity index (χ0n) is 9.55. The number of methoxy groups -OCH3 is 1. The van der Waals surface area contributed by atoms with Crippen molar-refractivity contribution in [1.29, 1.82) is 0 Å². The molecule has 1 aromatic carbocycles. The van der Waals surface area contributed by atoms with Gasteiger partial charge in [0.15, 0.2) is 0 Å². The molecule has 1 unspecified atom stereocenters. The van der Waals surface area contributed by atoms with Crippen molar-refractivity contribution >= 4 is 28.6 Å². The molecule has 0 aliphatic carbocycles. The molecule has 0 aromatic heterocycles. The van der Waals surface area contributed by atoms with Crippen LogP contribution in [0.3, 0.4) is 0 Å². The molecule has 0 radical (unpaired) electrons. The molecule has 0 saturated heterocycles. The third-order valence-electron chi connectivity index (χ3n) is 2.73. The van der Waals surface area contributed by atoms with Gasteiger partial charge < -0.3 is 9.47 Å². The normalized spacial score (nSPS) is 21.9. The van der Waals surface area contributed by atoms with Gasteiger partial charge in [-0.2, -0.15) is 0 Å². The van der Waals surface area contributed by atoms with Gasteiger partial charge in [-0.1, -0.05) is 22.6 Å². The highest BCUT2D eigenvalue weighted by Crippen LogP contribution is 2.39.